The second-order valence-electron chi connectivity index (χ2n) is 8.34. The molecule has 3 heteroatoms. The quantitative estimate of drug-likeness (QED) is 0.311. The van der Waals surface area contributed by atoms with Crippen molar-refractivity contribution < 1.29 is 4.74 Å². The molecule has 3 nitrogen and oxygen atoms in total. The molecule has 0 fully saturated rings. The minimum atomic E-state index is -0.537. The highest BCUT2D eigenvalue weighted by Gasteiger charge is 2.47. The smallest absolute Gasteiger partial charge is 0.132 e. The predicted molar refractivity (Wildman–Crippen MR) is 129 cm³/mol. The van der Waals surface area contributed by atoms with E-state index in [-0.39, 0.29) is 0 Å². The first kappa shape index (κ1) is 17.4. The van der Waals surface area contributed by atoms with E-state index in [9.17, 15) is 0 Å². The van der Waals surface area contributed by atoms with Crippen molar-refractivity contribution in [2.75, 3.05) is 0 Å². The van der Waals surface area contributed by atoms with Crippen LogP contribution in [-0.4, -0.2) is 9.97 Å². The van der Waals surface area contributed by atoms with E-state index in [2.05, 4.69) is 107 Å². The average molecular weight is 412 g/mol. The number of hydrogen-bond donors (Lipinski definition) is 2. The van der Waals surface area contributed by atoms with Crippen LogP contribution in [0.25, 0.3) is 21.8 Å². The molecule has 0 bridgehead atoms. The molecular formula is C29H20N2O. The molecule has 4 aromatic carbocycles. The lowest BCUT2D eigenvalue weighted by Crippen LogP contribution is -2.33. The summed E-state index contributed by atoms with van der Waals surface area (Å²) in [5.41, 5.74) is 6.46. The molecule has 0 saturated carbocycles. The molecule has 0 saturated heterocycles. The van der Waals surface area contributed by atoms with Gasteiger partial charge in [0.1, 0.15) is 11.5 Å². The Morgan fingerprint density at radius 1 is 0.469 bits per heavy atom. The largest absolute Gasteiger partial charge is 0.457 e. The Morgan fingerprint density at radius 2 is 0.906 bits per heavy atom. The Balaban J connectivity index is 1.73. The Morgan fingerprint density at radius 3 is 1.44 bits per heavy atom. The molecule has 1 aliphatic rings. The van der Waals surface area contributed by atoms with Gasteiger partial charge in [-0.05, 0) is 35.4 Å². The molecule has 0 amide bonds. The maximum absolute atomic E-state index is 6.43. The van der Waals surface area contributed by atoms with Gasteiger partial charge in [-0.3, -0.25) is 0 Å². The van der Waals surface area contributed by atoms with Crippen LogP contribution < -0.4 is 4.74 Å². The Bertz CT molecular complexity index is 1500. The number of nitrogens with one attached hydrogen (secondary N) is 2. The average Bonchev–Trinajstić information content (AvgIpc) is 3.48. The van der Waals surface area contributed by atoms with Gasteiger partial charge in [0, 0.05) is 45.3 Å². The van der Waals surface area contributed by atoms with Gasteiger partial charge in [-0.2, -0.15) is 0 Å². The highest BCUT2D eigenvalue weighted by molar-refractivity contribution is 5.93. The minimum absolute atomic E-state index is 0.537. The van der Waals surface area contributed by atoms with E-state index < -0.39 is 5.41 Å². The number of H-pyrrole nitrogens is 2. The molecule has 2 aromatic heterocycles. The highest BCUT2D eigenvalue weighted by atomic mass is 16.5. The number of aromatic amines is 2. The zero-order valence-electron chi connectivity index (χ0n) is 17.3. The highest BCUT2D eigenvalue weighted by Crippen LogP contribution is 2.57. The third-order valence-electron chi connectivity index (χ3n) is 6.79. The number of fused-ring (bicyclic) bond motifs is 4. The molecule has 0 aliphatic carbocycles. The molecule has 0 spiro atoms. The van der Waals surface area contributed by atoms with Gasteiger partial charge in [0.05, 0.1) is 5.41 Å². The van der Waals surface area contributed by atoms with E-state index in [4.69, 9.17) is 4.74 Å². The Labute approximate surface area is 185 Å². The molecule has 1 aliphatic heterocycles. The summed E-state index contributed by atoms with van der Waals surface area (Å²) in [6, 6.07) is 33.9. The van der Waals surface area contributed by atoms with E-state index in [1.165, 1.54) is 21.9 Å². The maximum Gasteiger partial charge on any atom is 0.132 e. The molecule has 2 N–H and O–H groups in total. The zero-order chi connectivity index (χ0) is 21.1. The van der Waals surface area contributed by atoms with Crippen molar-refractivity contribution >= 4 is 21.8 Å². The minimum Gasteiger partial charge on any atom is -0.457 e. The molecule has 152 valence electrons. The van der Waals surface area contributed by atoms with Gasteiger partial charge in [-0.25, -0.2) is 0 Å². The maximum atomic E-state index is 6.43. The summed E-state index contributed by atoms with van der Waals surface area (Å²) >= 11 is 0. The molecule has 32 heavy (non-hydrogen) atoms. The predicted octanol–water partition coefficient (Wildman–Crippen LogP) is 7.14. The summed E-state index contributed by atoms with van der Waals surface area (Å²) in [5, 5.41) is 2.42. The van der Waals surface area contributed by atoms with Crippen LogP contribution in [0.3, 0.4) is 0 Å². The van der Waals surface area contributed by atoms with Gasteiger partial charge in [0.15, 0.2) is 0 Å². The van der Waals surface area contributed by atoms with Crippen LogP contribution in [0.1, 0.15) is 22.3 Å². The summed E-state index contributed by atoms with van der Waals surface area (Å²) in [5.74, 6) is 1.78. The lowest BCUT2D eigenvalue weighted by atomic mass is 9.63. The molecule has 6 aromatic rings. The summed E-state index contributed by atoms with van der Waals surface area (Å²) in [7, 11) is 0. The molecule has 0 radical (unpaired) electrons. The molecular weight excluding hydrogens is 392 g/mol. The van der Waals surface area contributed by atoms with E-state index in [1.807, 2.05) is 12.1 Å². The molecule has 0 atom stereocenters. The number of hydrogen-bond acceptors (Lipinski definition) is 1. The topological polar surface area (TPSA) is 40.8 Å². The van der Waals surface area contributed by atoms with Gasteiger partial charge in [0.25, 0.3) is 0 Å². The number of aromatic nitrogens is 2. The van der Waals surface area contributed by atoms with Crippen molar-refractivity contribution in [3.8, 4) is 11.5 Å². The normalized spacial score (nSPS) is 14.1. The lowest BCUT2D eigenvalue weighted by molar-refractivity contribution is 0.435. The second-order valence-corrected chi connectivity index (χ2v) is 8.34. The standard InChI is InChI=1S/C29H20N2O/c1-5-13-25-19(9-1)23(17-30-25)29(24-18-31-26-14-6-2-10-20(24)26)21-11-3-7-15-27(21)32-28-16-8-4-12-22(28)29/h1-18,30-31H. The molecule has 3 heterocycles. The summed E-state index contributed by atoms with van der Waals surface area (Å²) < 4.78 is 6.43. The van der Waals surface area contributed by atoms with Crippen molar-refractivity contribution in [1.29, 1.82) is 0 Å². The first-order chi connectivity index (χ1) is 15.9. The fourth-order valence-electron chi connectivity index (χ4n) is 5.48. The van der Waals surface area contributed by atoms with E-state index in [0.717, 1.165) is 33.7 Å². The van der Waals surface area contributed by atoms with Crippen molar-refractivity contribution in [2.24, 2.45) is 0 Å². The van der Waals surface area contributed by atoms with Crippen molar-refractivity contribution in [2.45, 2.75) is 5.41 Å². The SMILES string of the molecule is c1ccc2c(c1)Oc1ccccc1C2(c1c[nH]c2ccccc12)c1c[nH]c2ccccc12. The van der Waals surface area contributed by atoms with Crippen LogP contribution in [0.5, 0.6) is 11.5 Å². The van der Waals surface area contributed by atoms with Gasteiger partial charge in [-0.15, -0.1) is 0 Å². The van der Waals surface area contributed by atoms with Crippen LogP contribution >= 0.6 is 0 Å². The monoisotopic (exact) mass is 412 g/mol. The second kappa shape index (κ2) is 6.38. The molecule has 0 unspecified atom stereocenters. The number of ether oxygens (including phenoxy) is 1. The summed E-state index contributed by atoms with van der Waals surface area (Å²) in [6.07, 6.45) is 4.34. The van der Waals surface area contributed by atoms with E-state index in [0.29, 0.717) is 0 Å². The van der Waals surface area contributed by atoms with Crippen LogP contribution in [0.4, 0.5) is 0 Å². The van der Waals surface area contributed by atoms with Gasteiger partial charge in [0.2, 0.25) is 0 Å². The zero-order valence-corrected chi connectivity index (χ0v) is 17.3. The van der Waals surface area contributed by atoms with Gasteiger partial charge in [-0.1, -0.05) is 72.8 Å². The van der Waals surface area contributed by atoms with Crippen LogP contribution in [0.2, 0.25) is 0 Å². The number of rotatable bonds is 2. The fourth-order valence-corrected chi connectivity index (χ4v) is 5.48. The van der Waals surface area contributed by atoms with Gasteiger partial charge < -0.3 is 14.7 Å². The summed E-state index contributed by atoms with van der Waals surface area (Å²) in [4.78, 5) is 7.06. The van der Waals surface area contributed by atoms with Crippen molar-refractivity contribution in [1.82, 2.24) is 9.97 Å². The molecule has 7 rings (SSSR count). The third-order valence-corrected chi connectivity index (χ3v) is 6.79. The number of benzene rings is 4. The lowest BCUT2D eigenvalue weighted by Gasteiger charge is -2.40. The van der Waals surface area contributed by atoms with Crippen LogP contribution in [0.15, 0.2) is 109 Å². The first-order valence-corrected chi connectivity index (χ1v) is 10.9. The Hall–Kier alpha value is -4.24. The van der Waals surface area contributed by atoms with Crippen LogP contribution in [-0.2, 0) is 5.41 Å². The van der Waals surface area contributed by atoms with E-state index in [1.54, 1.807) is 0 Å². The van der Waals surface area contributed by atoms with Crippen molar-refractivity contribution in [3.63, 3.8) is 0 Å². The van der Waals surface area contributed by atoms with Crippen LogP contribution in [0, 0.1) is 0 Å². The van der Waals surface area contributed by atoms with Gasteiger partial charge >= 0.3 is 0 Å². The van der Waals surface area contributed by atoms with Crippen molar-refractivity contribution in [3.05, 3.63) is 132 Å². The Kier molecular flexibility index (Phi) is 3.48. The first-order valence-electron chi connectivity index (χ1n) is 10.9. The fraction of sp³-hybridized carbons (Fsp3) is 0.0345. The third kappa shape index (κ3) is 2.15. The summed E-state index contributed by atoms with van der Waals surface area (Å²) in [6.45, 7) is 0. The number of para-hydroxylation sites is 4. The van der Waals surface area contributed by atoms with E-state index >= 15 is 0 Å².